The third-order valence-corrected chi connectivity index (χ3v) is 5.38. The van der Waals surface area contributed by atoms with Gasteiger partial charge in [-0.2, -0.15) is 0 Å². The highest BCUT2D eigenvalue weighted by Gasteiger charge is 2.28. The number of imidazole rings is 1. The van der Waals surface area contributed by atoms with Crippen LogP contribution in [0.3, 0.4) is 0 Å². The molecule has 1 fully saturated rings. The monoisotopic (exact) mass is 380 g/mol. The molecule has 0 atom stereocenters. The van der Waals surface area contributed by atoms with Crippen molar-refractivity contribution >= 4 is 5.91 Å². The molecule has 0 N–H and O–H groups in total. The van der Waals surface area contributed by atoms with Crippen molar-refractivity contribution in [1.29, 1.82) is 0 Å². The molecule has 3 aromatic heterocycles. The maximum absolute atomic E-state index is 12.6. The van der Waals surface area contributed by atoms with Crippen molar-refractivity contribution in [2.45, 2.75) is 39.2 Å². The lowest BCUT2D eigenvalue weighted by atomic mass is 9.95. The molecule has 1 saturated heterocycles. The van der Waals surface area contributed by atoms with Gasteiger partial charge in [0.25, 0.3) is 5.91 Å². The first kappa shape index (κ1) is 18.3. The van der Waals surface area contributed by atoms with Crippen LogP contribution >= 0.6 is 0 Å². The summed E-state index contributed by atoms with van der Waals surface area (Å²) in [6.07, 6.45) is 8.64. The van der Waals surface area contributed by atoms with Crippen molar-refractivity contribution < 1.29 is 4.79 Å². The van der Waals surface area contributed by atoms with E-state index in [4.69, 9.17) is 0 Å². The molecule has 0 saturated carbocycles. The summed E-state index contributed by atoms with van der Waals surface area (Å²) in [6, 6.07) is 0. The number of aromatic nitrogens is 7. The van der Waals surface area contributed by atoms with Crippen molar-refractivity contribution in [2.24, 2.45) is 7.05 Å². The fourth-order valence-electron chi connectivity index (χ4n) is 3.60. The minimum Gasteiger partial charge on any atom is -0.337 e. The largest absolute Gasteiger partial charge is 0.337 e. The highest BCUT2D eigenvalue weighted by molar-refractivity contribution is 5.92. The van der Waals surface area contributed by atoms with Gasteiger partial charge in [-0.1, -0.05) is 0 Å². The first-order valence-corrected chi connectivity index (χ1v) is 9.46. The van der Waals surface area contributed by atoms with E-state index in [1.807, 2.05) is 32.0 Å². The van der Waals surface area contributed by atoms with Crippen LogP contribution in [0.5, 0.6) is 0 Å². The van der Waals surface area contributed by atoms with E-state index in [0.717, 1.165) is 36.0 Å². The molecule has 1 amide bonds. The Bertz CT molecular complexity index is 966. The zero-order valence-corrected chi connectivity index (χ0v) is 16.4. The molecule has 0 aliphatic carbocycles. The van der Waals surface area contributed by atoms with Gasteiger partial charge in [-0.3, -0.25) is 9.78 Å². The Morgan fingerprint density at radius 3 is 2.54 bits per heavy atom. The smallest absolute Gasteiger partial charge is 0.274 e. The Hall–Kier alpha value is -3.10. The maximum atomic E-state index is 12.6. The summed E-state index contributed by atoms with van der Waals surface area (Å²) in [6.45, 7) is 5.85. The summed E-state index contributed by atoms with van der Waals surface area (Å²) >= 11 is 0. The number of nitrogens with zero attached hydrogens (tertiary/aromatic N) is 8. The van der Waals surface area contributed by atoms with E-state index >= 15 is 0 Å². The minimum atomic E-state index is -0.0554. The number of hydrogen-bond acceptors (Lipinski definition) is 6. The Balaban J connectivity index is 1.40. The summed E-state index contributed by atoms with van der Waals surface area (Å²) in [4.78, 5) is 27.1. The molecule has 146 valence electrons. The Morgan fingerprint density at radius 2 is 1.89 bits per heavy atom. The molecule has 1 aliphatic rings. The van der Waals surface area contributed by atoms with E-state index < -0.39 is 0 Å². The van der Waals surface area contributed by atoms with Gasteiger partial charge in [0.1, 0.15) is 17.3 Å². The Kier molecular flexibility index (Phi) is 4.89. The Labute approximate surface area is 163 Å². The van der Waals surface area contributed by atoms with Crippen molar-refractivity contribution in [2.75, 3.05) is 13.1 Å². The maximum Gasteiger partial charge on any atom is 0.274 e. The summed E-state index contributed by atoms with van der Waals surface area (Å²) < 4.78 is 4.13. The highest BCUT2D eigenvalue weighted by Crippen LogP contribution is 2.27. The fraction of sp³-hybridized carbons (Fsp3) is 0.474. The summed E-state index contributed by atoms with van der Waals surface area (Å²) in [5, 5.41) is 8.82. The number of carbonyl (C=O) groups is 1. The molecule has 9 nitrogen and oxygen atoms in total. The molecule has 0 spiro atoms. The number of amides is 1. The van der Waals surface area contributed by atoms with Gasteiger partial charge >= 0.3 is 0 Å². The third kappa shape index (κ3) is 3.51. The fourth-order valence-corrected chi connectivity index (χ4v) is 3.60. The normalized spacial score (nSPS) is 15.2. The summed E-state index contributed by atoms with van der Waals surface area (Å²) in [7, 11) is 2.01. The van der Waals surface area contributed by atoms with Gasteiger partial charge in [0, 0.05) is 44.6 Å². The lowest BCUT2D eigenvalue weighted by Gasteiger charge is -2.31. The van der Waals surface area contributed by atoms with Gasteiger partial charge in [0.15, 0.2) is 5.82 Å². The molecule has 0 bridgehead atoms. The van der Waals surface area contributed by atoms with Crippen LogP contribution in [0.1, 0.15) is 52.4 Å². The van der Waals surface area contributed by atoms with Crippen molar-refractivity contribution in [1.82, 2.24) is 39.2 Å². The highest BCUT2D eigenvalue weighted by atomic mass is 16.2. The molecule has 0 aromatic carbocycles. The number of carbonyl (C=O) groups excluding carboxylic acids is 1. The molecule has 4 rings (SSSR count). The first-order chi connectivity index (χ1) is 13.5. The zero-order valence-electron chi connectivity index (χ0n) is 16.4. The van der Waals surface area contributed by atoms with Crippen LogP contribution in [0.2, 0.25) is 0 Å². The van der Waals surface area contributed by atoms with E-state index in [1.54, 1.807) is 18.6 Å². The number of aryl methyl sites for hydroxylation is 2. The molecule has 0 radical (unpaired) electrons. The lowest BCUT2D eigenvalue weighted by Crippen LogP contribution is -2.38. The molecule has 1 aliphatic heterocycles. The molecular weight excluding hydrogens is 356 g/mol. The number of rotatable bonds is 4. The van der Waals surface area contributed by atoms with Crippen LogP contribution < -0.4 is 0 Å². The second-order valence-corrected chi connectivity index (χ2v) is 7.25. The second-order valence-electron chi connectivity index (χ2n) is 7.25. The van der Waals surface area contributed by atoms with Gasteiger partial charge in [0.05, 0.1) is 18.4 Å². The van der Waals surface area contributed by atoms with Gasteiger partial charge in [-0.05, 0) is 26.7 Å². The van der Waals surface area contributed by atoms with Crippen molar-refractivity contribution in [3.05, 3.63) is 53.6 Å². The van der Waals surface area contributed by atoms with E-state index in [9.17, 15) is 4.79 Å². The SMILES string of the molecule is Cc1cnc(C(=O)N2CCC(c3nnc(Cn4ccnc4C)n3C)CC2)cn1. The molecule has 0 unspecified atom stereocenters. The average molecular weight is 380 g/mol. The van der Waals surface area contributed by atoms with Crippen LogP contribution in [0.4, 0.5) is 0 Å². The van der Waals surface area contributed by atoms with Crippen LogP contribution in [-0.2, 0) is 13.6 Å². The van der Waals surface area contributed by atoms with Crippen LogP contribution in [0.15, 0.2) is 24.8 Å². The van der Waals surface area contributed by atoms with Crippen molar-refractivity contribution in [3.63, 3.8) is 0 Å². The van der Waals surface area contributed by atoms with Gasteiger partial charge in [0.2, 0.25) is 0 Å². The van der Waals surface area contributed by atoms with E-state index in [2.05, 4.69) is 34.3 Å². The zero-order chi connectivity index (χ0) is 19.7. The predicted octanol–water partition coefficient (Wildman–Crippen LogP) is 1.49. The molecular formula is C19H24N8O. The van der Waals surface area contributed by atoms with Gasteiger partial charge in [-0.15, -0.1) is 10.2 Å². The topological polar surface area (TPSA) is 94.6 Å². The van der Waals surface area contributed by atoms with Crippen LogP contribution in [0, 0.1) is 13.8 Å². The number of piperidine rings is 1. The first-order valence-electron chi connectivity index (χ1n) is 9.46. The second kappa shape index (κ2) is 7.49. The summed E-state index contributed by atoms with van der Waals surface area (Å²) in [5.74, 6) is 3.08. The summed E-state index contributed by atoms with van der Waals surface area (Å²) in [5.41, 5.74) is 1.21. The van der Waals surface area contributed by atoms with Crippen molar-refractivity contribution in [3.8, 4) is 0 Å². The molecule has 28 heavy (non-hydrogen) atoms. The number of hydrogen-bond donors (Lipinski definition) is 0. The quantitative estimate of drug-likeness (QED) is 0.681. The average Bonchev–Trinajstić information content (AvgIpc) is 3.28. The van der Waals surface area contributed by atoms with Crippen LogP contribution in [0.25, 0.3) is 0 Å². The molecule has 4 heterocycles. The van der Waals surface area contributed by atoms with E-state index in [1.165, 1.54) is 0 Å². The lowest BCUT2D eigenvalue weighted by molar-refractivity contribution is 0.0704. The standard InChI is InChI=1S/C19H24N8O/c1-13-10-22-16(11-21-13)19(28)26-7-4-15(5-8-26)18-24-23-17(25(18)3)12-27-9-6-20-14(27)2/h6,9-11,15H,4-5,7-8,12H2,1-3H3. The number of likely N-dealkylation sites (tertiary alicyclic amines) is 1. The van der Waals surface area contributed by atoms with E-state index in [-0.39, 0.29) is 5.91 Å². The third-order valence-electron chi connectivity index (χ3n) is 5.38. The Morgan fingerprint density at radius 1 is 1.11 bits per heavy atom. The van der Waals surface area contributed by atoms with Gasteiger partial charge < -0.3 is 14.0 Å². The minimum absolute atomic E-state index is 0.0554. The van der Waals surface area contributed by atoms with Crippen LogP contribution in [-0.4, -0.2) is 58.2 Å². The predicted molar refractivity (Wildman–Crippen MR) is 102 cm³/mol. The van der Waals surface area contributed by atoms with E-state index in [0.29, 0.717) is 31.2 Å². The molecule has 3 aromatic rings. The van der Waals surface area contributed by atoms with Gasteiger partial charge in [-0.25, -0.2) is 9.97 Å². The molecule has 9 heteroatoms.